The first-order valence-electron chi connectivity index (χ1n) is 36.2. The zero-order valence-corrected chi connectivity index (χ0v) is 67.4. The van der Waals surface area contributed by atoms with Crippen molar-refractivity contribution in [3.63, 3.8) is 0 Å². The van der Waals surface area contributed by atoms with Crippen LogP contribution in [0.5, 0.6) is 24.0 Å². The molecule has 0 unspecified atom stereocenters. The van der Waals surface area contributed by atoms with Crippen molar-refractivity contribution in [1.82, 2.24) is 34.9 Å². The van der Waals surface area contributed by atoms with Crippen LogP contribution in [0.15, 0.2) is 67.1 Å². The molecule has 0 aromatic carbocycles. The van der Waals surface area contributed by atoms with E-state index in [9.17, 15) is 263 Å². The van der Waals surface area contributed by atoms with Gasteiger partial charge in [0, 0.05) is 38.6 Å². The normalized spacial score (nSPS) is 17.4. The molecule has 146 heavy (non-hydrogen) atoms. The quantitative estimate of drug-likeness (QED) is 0.0393. The number of halogens is 68. The third-order valence-electron chi connectivity index (χ3n) is 19.7. The Morgan fingerprint density at radius 2 is 0.349 bits per heavy atom. The van der Waals surface area contributed by atoms with Gasteiger partial charge in [0.15, 0.2) is 26.4 Å². The highest BCUT2D eigenvalue weighted by Gasteiger charge is 2.89. The molecule has 81 heteroatoms. The van der Waals surface area contributed by atoms with Gasteiger partial charge in [-0.1, -0.05) is 6.07 Å². The molecule has 5 rings (SSSR count). The predicted molar refractivity (Wildman–Crippen MR) is 334 cm³/mol. The maximum Gasteiger partial charge on any atom is 0.460 e. The van der Waals surface area contributed by atoms with Crippen LogP contribution in [0.4, 0.5) is 310 Å². The predicted octanol–water partition coefficient (Wildman–Crippen LogP) is 26.0. The fourth-order valence-electron chi connectivity index (χ4n) is 10.9. The van der Waals surface area contributed by atoms with Crippen molar-refractivity contribution in [2.45, 2.75) is 228 Å². The van der Waals surface area contributed by atoms with Crippen LogP contribution >= 0.6 is 0 Å². The number of allylic oxidation sites excluding steroid dienone is 8. The average Bonchev–Trinajstić information content (AvgIpc) is 0.727. The van der Waals surface area contributed by atoms with E-state index in [-0.39, 0.29) is 11.1 Å². The van der Waals surface area contributed by atoms with Gasteiger partial charge in [0.05, 0.1) is 0 Å². The molecule has 2 aliphatic rings. The van der Waals surface area contributed by atoms with E-state index in [1.165, 1.54) is 0 Å². The summed E-state index contributed by atoms with van der Waals surface area (Å²) in [6.07, 6.45) is -55.1. The molecule has 2 aliphatic heterocycles. The zero-order chi connectivity index (χ0) is 115. The highest BCUT2D eigenvalue weighted by molar-refractivity contribution is 5.38. The highest BCUT2D eigenvalue weighted by Crippen LogP contribution is 2.64. The lowest BCUT2D eigenvalue weighted by molar-refractivity contribution is -0.388. The number of rotatable bonds is 44. The Morgan fingerprint density at radius 3 is 0.493 bits per heavy atom. The summed E-state index contributed by atoms with van der Waals surface area (Å²) in [6, 6.07) is -9.32. The van der Waals surface area contributed by atoms with E-state index in [2.05, 4.69) is 53.8 Å². The lowest BCUT2D eigenvalue weighted by atomic mass is 9.86. The van der Waals surface area contributed by atoms with Gasteiger partial charge in [-0.15, -0.1) is 9.97 Å². The number of aromatic nitrogens is 7. The number of hydrogen-bond donors (Lipinski definition) is 0. The molecule has 0 atom stereocenters. The molecule has 13 nitrogen and oxygen atoms in total. The molecule has 0 amide bonds. The minimum Gasteiger partial charge on any atom is -0.457 e. The maximum absolute atomic E-state index is 15.2. The van der Waals surface area contributed by atoms with Crippen LogP contribution in [0.1, 0.15) is 48.6 Å². The van der Waals surface area contributed by atoms with Crippen LogP contribution in [-0.2, 0) is 0 Å². The number of pyridine rings is 1. The molecule has 842 valence electrons. The maximum atomic E-state index is 15.2. The first-order chi connectivity index (χ1) is 64.0. The Morgan fingerprint density at radius 1 is 0.205 bits per heavy atom. The van der Waals surface area contributed by atoms with Gasteiger partial charge in [-0.2, -0.15) is 318 Å². The summed E-state index contributed by atoms with van der Waals surface area (Å²) in [5, 5.41) is 0. The van der Waals surface area contributed by atoms with E-state index >= 15 is 35.1 Å². The number of hydrogen-bond acceptors (Lipinski definition) is 13. The van der Waals surface area contributed by atoms with E-state index < -0.39 is 365 Å². The van der Waals surface area contributed by atoms with Crippen LogP contribution in [0, 0.1) is 0 Å². The van der Waals surface area contributed by atoms with Crippen molar-refractivity contribution in [1.29, 1.82) is 0 Å². The Hall–Kier alpha value is -9.83. The summed E-state index contributed by atoms with van der Waals surface area (Å²) in [7, 11) is 0. The molecule has 0 radical (unpaired) electrons. The first kappa shape index (κ1) is 127. The van der Waals surface area contributed by atoms with Crippen LogP contribution in [-0.4, -0.2) is 278 Å². The number of piperidine rings is 2. The second-order valence-electron chi connectivity index (χ2n) is 29.9. The third kappa shape index (κ3) is 22.1. The molecule has 0 spiro atoms. The fraction of sp³-hybridized carbons (Fsp3) is 0.708. The molecular weight excluding hydrogens is 2260 g/mol. The topological polar surface area (TPSA) is 134 Å². The van der Waals surface area contributed by atoms with Gasteiger partial charge < -0.3 is 28.7 Å². The summed E-state index contributed by atoms with van der Waals surface area (Å²) >= 11 is 0. The van der Waals surface area contributed by atoms with Gasteiger partial charge in [-0.3, -0.25) is 4.98 Å². The van der Waals surface area contributed by atoms with Gasteiger partial charge in [0.2, 0.25) is 11.9 Å². The summed E-state index contributed by atoms with van der Waals surface area (Å²) in [5.41, 5.74) is -0.365. The van der Waals surface area contributed by atoms with Gasteiger partial charge in [0.25, 0.3) is 0 Å². The highest BCUT2D eigenvalue weighted by atomic mass is 19.5. The van der Waals surface area contributed by atoms with Crippen molar-refractivity contribution in [2.75, 3.05) is 62.4 Å². The van der Waals surface area contributed by atoms with Gasteiger partial charge in [-0.25, -0.2) is 0 Å². The second-order valence-corrected chi connectivity index (χ2v) is 29.9. The van der Waals surface area contributed by atoms with Gasteiger partial charge in [-0.05, 0) is 97.3 Å². The van der Waals surface area contributed by atoms with Crippen LogP contribution in [0.2, 0.25) is 0 Å². The summed E-state index contributed by atoms with van der Waals surface area (Å²) in [6.45, 7) is -19.8. The van der Waals surface area contributed by atoms with E-state index in [1.807, 2.05) is 0 Å². The van der Waals surface area contributed by atoms with Gasteiger partial charge in [0.1, 0.15) is 0 Å². The lowest BCUT2D eigenvalue weighted by Gasteiger charge is -2.36. The van der Waals surface area contributed by atoms with Crippen LogP contribution < -0.4 is 28.7 Å². The number of ether oxygens (including phenoxy) is 4. The van der Waals surface area contributed by atoms with Crippen LogP contribution in [0.25, 0.3) is 0 Å². The summed E-state index contributed by atoms with van der Waals surface area (Å²) in [5.74, 6) is -227. The van der Waals surface area contributed by atoms with Crippen molar-refractivity contribution < 1.29 is 317 Å². The van der Waals surface area contributed by atoms with Crippen LogP contribution in [0.3, 0.4) is 0 Å². The van der Waals surface area contributed by atoms with Gasteiger partial charge >= 0.3 is 215 Å². The molecule has 3 aromatic heterocycles. The van der Waals surface area contributed by atoms with E-state index in [4.69, 9.17) is 0 Å². The van der Waals surface area contributed by atoms with E-state index in [0.717, 1.165) is 18.5 Å². The minimum absolute atomic E-state index is 0.182. The number of anilines is 2. The summed E-state index contributed by atoms with van der Waals surface area (Å²) in [4.78, 5) is 21.3. The van der Waals surface area contributed by atoms with Crippen molar-refractivity contribution in [3.05, 3.63) is 78.2 Å². The first-order valence-corrected chi connectivity index (χ1v) is 36.2. The zero-order valence-electron chi connectivity index (χ0n) is 67.4. The van der Waals surface area contributed by atoms with E-state index in [0.29, 0.717) is 9.80 Å². The second kappa shape index (κ2) is 38.3. The van der Waals surface area contributed by atoms with Crippen molar-refractivity contribution in [2.24, 2.45) is 0 Å². The number of nitrogens with zero attached hydrogens (tertiary/aromatic N) is 9. The molecule has 0 bridgehead atoms. The van der Waals surface area contributed by atoms with Crippen molar-refractivity contribution in [3.8, 4) is 24.0 Å². The smallest absolute Gasteiger partial charge is 0.457 e. The minimum atomic E-state index is -8.26. The third-order valence-corrected chi connectivity index (χ3v) is 19.7. The Labute approximate surface area is 756 Å². The van der Waals surface area contributed by atoms with Crippen molar-refractivity contribution >= 4 is 11.9 Å². The molecule has 2 fully saturated rings. The Kier molecular flexibility index (Phi) is 33.2. The fourth-order valence-corrected chi connectivity index (χ4v) is 10.9. The SMILES string of the molecule is FC(F)(F)C(F)(F)C(F)(F)C(F)(F)/C=C/C(F)(F)C(F)(F)C(F)(F)C(F)(F)COc1nc(OCC(F)(F)C(F)(F)C(F)(F)C(F)(F)/C=C/C(F)(F)C(F)(F)C(F)(F)C(F)(F)F)nc(N2CCC(c3cncc(C4CCN(c5nc(OCC(F)(F)C(F)(F)C(F)(F)C(F)(F)/C=C/C(F)(F)C(F)(F)C(F)(F)C(F)(F)F)nc(OCC(F)(F)C(F)(F)C(F)(F)C(F)(F)/C=C/C(F)(F)C(F)(F)C(F)(F)C(F)(F)F)n5)CC4)c3)CC2)n1. The molecule has 2 saturated heterocycles. The Bertz CT molecular complexity index is 4560. The Balaban J connectivity index is 1.55. The lowest BCUT2D eigenvalue weighted by Crippen LogP contribution is -2.63. The summed E-state index contributed by atoms with van der Waals surface area (Å²) < 4.78 is 969. The molecule has 0 N–H and O–H groups in total. The van der Waals surface area contributed by atoms with E-state index in [1.54, 1.807) is 0 Å². The molecule has 5 heterocycles. The molecular formula is C65H37F68N9O4. The standard InChI is InChI=1S/C65H37F68N9O4/c66-34(67,5-9-38(74,75)50(98,99)58(114,115)62(122,123)124)46(90,91)54(106,107)42(82,83)20-143-30-135-28(136-31(139-30)144-21-43(84,85)55(108,109)47(92,93)35(68,69)6-10-39(76,77)51(100,101)59(116,117)63(125,126)127)141-13-1-24(2-14-141)26-17-27(19-134-18-26)25-3-15-142(16-4-25)29-137-32(145-22-44(86,87)56(110,111)48(94,95)36(70,71)7-11-40(78,79)52(102,103)60(118,119)64(128,129)130)140-33(138-29)146-23-45(88,89)57(112,113)49(96,97)37(72,73)8-12-41(80,81)53(104,105)61(120,121)65(131,132)133/h5-12,17-19,24-25H,1-4,13-16,20-23H2/b9-5+,10-6+,11-7+,12-8+. The number of alkyl halides is 68. The monoisotopic (exact) mass is 2300 g/mol. The average molecular weight is 2300 g/mol. The molecule has 0 aliphatic carbocycles. The largest absolute Gasteiger partial charge is 0.460 e. The molecule has 3 aromatic rings. The molecule has 0 saturated carbocycles.